The first-order chi connectivity index (χ1) is 26.5. The summed E-state index contributed by atoms with van der Waals surface area (Å²) in [6.45, 7) is 8.62. The number of fused-ring (bicyclic) bond motifs is 1. The summed E-state index contributed by atoms with van der Waals surface area (Å²) in [6.07, 6.45) is -1.40. The zero-order chi connectivity index (χ0) is 39.6. The smallest absolute Gasteiger partial charge is 0.416 e. The quantitative estimate of drug-likeness (QED) is 0.0456. The molecule has 1 amide bonds. The van der Waals surface area contributed by atoms with Crippen LogP contribution in [0.25, 0.3) is 10.9 Å². The average Bonchev–Trinajstić information content (AvgIpc) is 3.60. The second kappa shape index (κ2) is 22.0. The predicted octanol–water partition coefficient (Wildman–Crippen LogP) is 7.77. The number of H-pyrrole nitrogens is 1. The Morgan fingerprint density at radius 2 is 1.44 bits per heavy atom. The molecule has 4 rings (SSSR count). The van der Waals surface area contributed by atoms with Crippen LogP contribution in [0.1, 0.15) is 77.1 Å². The SMILES string of the molecule is CCCN(CCC)c1ccc(NC(=O)c2cccc(CCCOCCOCCOCCOCCC(=O)O)c2)c(C(=O)c2cc3ccc(C(F)(F)F)cc3[nH]2)c1. The number of alkyl halides is 3. The van der Waals surface area contributed by atoms with Gasteiger partial charge in [-0.25, -0.2) is 0 Å². The number of ketones is 1. The minimum Gasteiger partial charge on any atom is -0.481 e. The number of nitrogens with zero attached hydrogens (tertiary/aromatic N) is 1. The molecule has 11 nitrogen and oxygen atoms in total. The molecule has 14 heteroatoms. The van der Waals surface area contributed by atoms with Gasteiger partial charge >= 0.3 is 12.1 Å². The molecule has 0 saturated heterocycles. The Balaban J connectivity index is 1.33. The predicted molar refractivity (Wildman–Crippen MR) is 204 cm³/mol. The van der Waals surface area contributed by atoms with Crippen LogP contribution in [0.3, 0.4) is 0 Å². The maximum atomic E-state index is 14.0. The van der Waals surface area contributed by atoms with E-state index in [1.807, 2.05) is 12.1 Å². The van der Waals surface area contributed by atoms with Gasteiger partial charge in [0.15, 0.2) is 0 Å². The molecule has 0 aliphatic heterocycles. The van der Waals surface area contributed by atoms with Crippen LogP contribution in [-0.4, -0.2) is 93.7 Å². The van der Waals surface area contributed by atoms with Crippen molar-refractivity contribution in [3.05, 3.63) is 94.7 Å². The number of hydrogen-bond donors (Lipinski definition) is 3. The second-order valence-electron chi connectivity index (χ2n) is 12.9. The summed E-state index contributed by atoms with van der Waals surface area (Å²) in [5.41, 5.74) is 2.14. The van der Waals surface area contributed by atoms with Crippen molar-refractivity contribution in [2.24, 2.45) is 0 Å². The highest BCUT2D eigenvalue weighted by Gasteiger charge is 2.31. The third kappa shape index (κ3) is 13.8. The van der Waals surface area contributed by atoms with Gasteiger partial charge < -0.3 is 39.3 Å². The van der Waals surface area contributed by atoms with E-state index in [-0.39, 0.29) is 35.5 Å². The van der Waals surface area contributed by atoms with Gasteiger partial charge in [-0.05, 0) is 79.8 Å². The van der Waals surface area contributed by atoms with Crippen LogP contribution in [0.4, 0.5) is 24.5 Å². The highest BCUT2D eigenvalue weighted by atomic mass is 19.4. The number of ether oxygens (including phenoxy) is 4. The van der Waals surface area contributed by atoms with Crippen molar-refractivity contribution < 1.29 is 51.6 Å². The molecular formula is C41H50F3N3O8. The molecule has 0 saturated carbocycles. The third-order valence-electron chi connectivity index (χ3n) is 8.56. The van der Waals surface area contributed by atoms with Crippen molar-refractivity contribution in [2.45, 2.75) is 52.1 Å². The van der Waals surface area contributed by atoms with E-state index in [0.29, 0.717) is 63.6 Å². The number of benzene rings is 3. The van der Waals surface area contributed by atoms with Crippen molar-refractivity contribution in [1.29, 1.82) is 0 Å². The summed E-state index contributed by atoms with van der Waals surface area (Å²) in [5, 5.41) is 11.9. The molecule has 0 bridgehead atoms. The zero-order valence-corrected chi connectivity index (χ0v) is 31.3. The fourth-order valence-corrected chi connectivity index (χ4v) is 5.87. The molecule has 0 aliphatic carbocycles. The summed E-state index contributed by atoms with van der Waals surface area (Å²) in [5.74, 6) is -1.77. The maximum absolute atomic E-state index is 14.0. The maximum Gasteiger partial charge on any atom is 0.416 e. The van der Waals surface area contributed by atoms with Crippen LogP contribution in [0.15, 0.2) is 66.7 Å². The zero-order valence-electron chi connectivity index (χ0n) is 31.3. The summed E-state index contributed by atoms with van der Waals surface area (Å²) < 4.78 is 61.8. The molecule has 4 aromatic rings. The highest BCUT2D eigenvalue weighted by molar-refractivity contribution is 6.16. The number of aryl methyl sites for hydroxylation is 1. The lowest BCUT2D eigenvalue weighted by molar-refractivity contribution is -0.138. The summed E-state index contributed by atoms with van der Waals surface area (Å²) in [4.78, 5) is 43.1. The van der Waals surface area contributed by atoms with Gasteiger partial charge in [0.25, 0.3) is 5.91 Å². The number of amides is 1. The topological polar surface area (TPSA) is 139 Å². The number of carboxylic acid groups (broad SMARTS) is 1. The fraction of sp³-hybridized carbons (Fsp3) is 0.439. The summed E-state index contributed by atoms with van der Waals surface area (Å²) >= 11 is 0. The van der Waals surface area contributed by atoms with Crippen molar-refractivity contribution in [3.8, 4) is 0 Å². The molecule has 0 atom stereocenters. The molecule has 298 valence electrons. The lowest BCUT2D eigenvalue weighted by Gasteiger charge is -2.25. The van der Waals surface area contributed by atoms with Crippen molar-refractivity contribution in [3.63, 3.8) is 0 Å². The molecule has 0 aliphatic rings. The number of halogens is 3. The van der Waals surface area contributed by atoms with E-state index in [0.717, 1.165) is 55.7 Å². The van der Waals surface area contributed by atoms with E-state index >= 15 is 0 Å². The number of aromatic nitrogens is 1. The lowest BCUT2D eigenvalue weighted by atomic mass is 10.0. The first-order valence-electron chi connectivity index (χ1n) is 18.6. The van der Waals surface area contributed by atoms with Crippen LogP contribution in [0.5, 0.6) is 0 Å². The van der Waals surface area contributed by atoms with Gasteiger partial charge in [0.1, 0.15) is 0 Å². The highest BCUT2D eigenvalue weighted by Crippen LogP contribution is 2.33. The normalized spacial score (nSPS) is 11.6. The Kier molecular flexibility index (Phi) is 17.2. The van der Waals surface area contributed by atoms with Gasteiger partial charge in [-0.15, -0.1) is 0 Å². The number of nitrogens with one attached hydrogen (secondary N) is 2. The largest absolute Gasteiger partial charge is 0.481 e. The molecule has 1 heterocycles. The van der Waals surface area contributed by atoms with Crippen LogP contribution in [0.2, 0.25) is 0 Å². The van der Waals surface area contributed by atoms with Gasteiger partial charge in [0.05, 0.1) is 69.6 Å². The van der Waals surface area contributed by atoms with Crippen LogP contribution >= 0.6 is 0 Å². The van der Waals surface area contributed by atoms with E-state index in [1.165, 1.54) is 12.1 Å². The van der Waals surface area contributed by atoms with Crippen LogP contribution < -0.4 is 10.2 Å². The molecule has 55 heavy (non-hydrogen) atoms. The molecule has 3 aromatic carbocycles. The number of aromatic amines is 1. The van der Waals surface area contributed by atoms with Crippen molar-refractivity contribution in [1.82, 2.24) is 4.98 Å². The molecule has 0 unspecified atom stereocenters. The number of hydrogen-bond acceptors (Lipinski definition) is 8. The van der Waals surface area contributed by atoms with Crippen molar-refractivity contribution >= 4 is 39.9 Å². The number of carbonyl (C=O) groups excluding carboxylic acids is 2. The van der Waals surface area contributed by atoms with E-state index in [2.05, 4.69) is 29.0 Å². The number of anilines is 2. The Bertz CT molecular complexity index is 1840. The Labute approximate surface area is 319 Å². The Morgan fingerprint density at radius 1 is 0.782 bits per heavy atom. The third-order valence-corrected chi connectivity index (χ3v) is 8.56. The summed E-state index contributed by atoms with van der Waals surface area (Å²) in [6, 6.07) is 17.3. The van der Waals surface area contributed by atoms with Gasteiger partial charge in [0, 0.05) is 47.4 Å². The first kappa shape index (κ1) is 43.0. The molecule has 0 spiro atoms. The lowest BCUT2D eigenvalue weighted by Crippen LogP contribution is -2.25. The van der Waals surface area contributed by atoms with Crippen LogP contribution in [-0.2, 0) is 36.3 Å². The average molecular weight is 770 g/mol. The minimum atomic E-state index is -4.53. The molecular weight excluding hydrogens is 719 g/mol. The first-order valence-corrected chi connectivity index (χ1v) is 18.6. The number of aliphatic carboxylic acids is 1. The van der Waals surface area contributed by atoms with E-state index in [1.54, 1.807) is 30.3 Å². The Hall–Kier alpha value is -4.76. The molecule has 1 aromatic heterocycles. The molecule has 3 N–H and O–H groups in total. The van der Waals surface area contributed by atoms with Crippen LogP contribution in [0, 0.1) is 0 Å². The van der Waals surface area contributed by atoms with Crippen molar-refractivity contribution in [2.75, 3.05) is 76.2 Å². The second-order valence-corrected chi connectivity index (χ2v) is 12.9. The van der Waals surface area contributed by atoms with Gasteiger partial charge in [-0.3, -0.25) is 14.4 Å². The number of carboxylic acids is 1. The van der Waals surface area contributed by atoms with Gasteiger partial charge in [0.2, 0.25) is 5.78 Å². The monoisotopic (exact) mass is 769 g/mol. The van der Waals surface area contributed by atoms with Gasteiger partial charge in [-0.1, -0.05) is 32.0 Å². The van der Waals surface area contributed by atoms with E-state index in [9.17, 15) is 27.6 Å². The standard InChI is InChI=1S/C41H50F3N3O8/c1-3-15-47(16-4-2)33-12-13-35(34(28-33)39(50)37-26-30-10-11-32(41(42,43)44)27-36(30)45-37)46-40(51)31-9-5-7-29(25-31)8-6-17-52-19-21-54-23-24-55-22-20-53-18-14-38(48)49/h5,7,9-13,25-28,45H,3-4,6,8,14-24H2,1-2H3,(H,46,51)(H,48,49). The Morgan fingerprint density at radius 3 is 2.07 bits per heavy atom. The van der Waals surface area contributed by atoms with Gasteiger partial charge in [-0.2, -0.15) is 13.2 Å². The molecule has 0 radical (unpaired) electrons. The fourth-order valence-electron chi connectivity index (χ4n) is 5.87. The number of rotatable bonds is 25. The molecule has 0 fully saturated rings. The number of carbonyl (C=O) groups is 3. The van der Waals surface area contributed by atoms with E-state index < -0.39 is 29.4 Å². The summed E-state index contributed by atoms with van der Waals surface area (Å²) in [7, 11) is 0. The minimum absolute atomic E-state index is 0.0360. The van der Waals surface area contributed by atoms with E-state index in [4.69, 9.17) is 24.1 Å².